The van der Waals surface area contributed by atoms with Gasteiger partial charge in [0.25, 0.3) is 5.91 Å². The number of anilines is 2. The molecule has 1 amide bonds. The number of amides is 1. The molecule has 1 aliphatic rings. The number of hydrogen-bond donors (Lipinski definition) is 1. The minimum Gasteiger partial charge on any atom is -0.366 e. The normalized spacial score (nSPS) is 13.8. The standard InChI is InChI=1S/C25H24F4N6OS.C5H12N2/c1-15-14-35-22(16(2)32-24(35)37-15)23(36)31-12-17-3-5-20(19(26)11-17)33-7-9-34(10-8-33)21-6-4-18(13-30-21)25(27,28)29;1-4-7(3)5-6-2/h3-6,11,13-14H,7-10,12H2,1-2H3,(H,31,36);5H,4H2,1-3H3. The van der Waals surface area contributed by atoms with E-state index in [2.05, 4.69) is 27.2 Å². The number of hydrogen-bond acceptors (Lipinski definition) is 7. The van der Waals surface area contributed by atoms with Crippen LogP contribution in [-0.4, -0.2) is 78.3 Å². The maximum Gasteiger partial charge on any atom is 0.417 e. The second kappa shape index (κ2) is 14.1. The van der Waals surface area contributed by atoms with Crippen molar-refractivity contribution in [3.05, 3.63) is 75.9 Å². The number of aliphatic imine (C=N–C) groups is 1. The number of piperazine rings is 1. The Bertz CT molecular complexity index is 1590. The minimum atomic E-state index is -4.43. The van der Waals surface area contributed by atoms with Crippen LogP contribution < -0.4 is 15.1 Å². The lowest BCUT2D eigenvalue weighted by atomic mass is 10.1. The number of aryl methyl sites for hydroxylation is 2. The Morgan fingerprint density at radius 3 is 2.41 bits per heavy atom. The van der Waals surface area contributed by atoms with Crippen LogP contribution in [0.1, 0.15) is 39.1 Å². The SMILES string of the molecule is CCN(C)C=NC.Cc1cn2c(C(=O)NCc3ccc(N4CCN(c5ccc(C(F)(F)F)cn5)CC4)c(F)c3)c(C)nc2s1. The van der Waals surface area contributed by atoms with Crippen LogP contribution in [0.5, 0.6) is 0 Å². The van der Waals surface area contributed by atoms with Crippen molar-refractivity contribution >= 4 is 40.0 Å². The maximum atomic E-state index is 15.0. The van der Waals surface area contributed by atoms with Crippen LogP contribution >= 0.6 is 11.3 Å². The molecular formula is C30H36F4N8OS. The van der Waals surface area contributed by atoms with Crippen molar-refractivity contribution < 1.29 is 22.4 Å². The quantitative estimate of drug-likeness (QED) is 0.167. The topological polar surface area (TPSA) is 81.4 Å². The molecule has 0 radical (unpaired) electrons. The van der Waals surface area contributed by atoms with E-state index >= 15 is 0 Å². The van der Waals surface area contributed by atoms with Crippen molar-refractivity contribution in [3.63, 3.8) is 0 Å². The Morgan fingerprint density at radius 2 is 1.84 bits per heavy atom. The number of thiazole rings is 1. The van der Waals surface area contributed by atoms with Gasteiger partial charge in [-0.1, -0.05) is 6.07 Å². The number of benzene rings is 1. The highest BCUT2D eigenvalue weighted by atomic mass is 32.1. The summed E-state index contributed by atoms with van der Waals surface area (Å²) in [5, 5.41) is 2.85. The number of fused-ring (bicyclic) bond motifs is 1. The first-order valence-corrected chi connectivity index (χ1v) is 14.9. The highest BCUT2D eigenvalue weighted by Crippen LogP contribution is 2.30. The summed E-state index contributed by atoms with van der Waals surface area (Å²) in [7, 11) is 3.76. The highest BCUT2D eigenvalue weighted by Gasteiger charge is 2.31. The summed E-state index contributed by atoms with van der Waals surface area (Å²) in [6.07, 6.45) is 0.0822. The largest absolute Gasteiger partial charge is 0.417 e. The van der Waals surface area contributed by atoms with Crippen molar-refractivity contribution in [3.8, 4) is 0 Å². The molecule has 236 valence electrons. The van der Waals surface area contributed by atoms with Crippen molar-refractivity contribution in [2.24, 2.45) is 4.99 Å². The molecule has 1 aromatic carbocycles. The predicted molar refractivity (Wildman–Crippen MR) is 166 cm³/mol. The van der Waals surface area contributed by atoms with Crippen LogP contribution in [0.3, 0.4) is 0 Å². The van der Waals surface area contributed by atoms with E-state index in [4.69, 9.17) is 0 Å². The van der Waals surface area contributed by atoms with Crippen LogP contribution in [0, 0.1) is 19.7 Å². The molecule has 5 rings (SSSR count). The summed E-state index contributed by atoms with van der Waals surface area (Å²) >= 11 is 1.51. The molecule has 0 atom stereocenters. The fourth-order valence-electron chi connectivity index (χ4n) is 4.72. The fraction of sp³-hybridized carbons (Fsp3) is 0.400. The number of alkyl halides is 3. The molecule has 0 bridgehead atoms. The van der Waals surface area contributed by atoms with Gasteiger partial charge in [-0.15, -0.1) is 11.3 Å². The number of carbonyl (C=O) groups excluding carboxylic acids is 1. The number of carbonyl (C=O) groups is 1. The van der Waals surface area contributed by atoms with E-state index < -0.39 is 17.6 Å². The zero-order valence-electron chi connectivity index (χ0n) is 25.3. The van der Waals surface area contributed by atoms with E-state index in [-0.39, 0.29) is 12.5 Å². The Balaban J connectivity index is 0.000000566. The number of rotatable bonds is 7. The van der Waals surface area contributed by atoms with Gasteiger partial charge in [-0.25, -0.2) is 14.4 Å². The molecule has 1 fully saturated rings. The molecule has 0 spiro atoms. The number of imidazole rings is 1. The van der Waals surface area contributed by atoms with Gasteiger partial charge < -0.3 is 20.0 Å². The van der Waals surface area contributed by atoms with Gasteiger partial charge in [0.05, 0.1) is 23.3 Å². The molecule has 0 aliphatic carbocycles. The van der Waals surface area contributed by atoms with Crippen LogP contribution in [0.2, 0.25) is 0 Å². The summed E-state index contributed by atoms with van der Waals surface area (Å²) in [6, 6.07) is 7.25. The van der Waals surface area contributed by atoms with Crippen molar-refractivity contribution in [1.82, 2.24) is 24.6 Å². The third-order valence-electron chi connectivity index (χ3n) is 7.13. The van der Waals surface area contributed by atoms with Gasteiger partial charge in [-0.3, -0.25) is 14.2 Å². The zero-order valence-corrected chi connectivity index (χ0v) is 26.1. The van der Waals surface area contributed by atoms with Crippen LogP contribution in [0.25, 0.3) is 4.96 Å². The number of pyridine rings is 1. The van der Waals surface area contributed by atoms with Gasteiger partial charge in [0.1, 0.15) is 17.3 Å². The average molecular weight is 633 g/mol. The highest BCUT2D eigenvalue weighted by molar-refractivity contribution is 7.17. The Labute approximate surface area is 257 Å². The first-order chi connectivity index (χ1) is 20.9. The molecule has 14 heteroatoms. The molecule has 44 heavy (non-hydrogen) atoms. The molecule has 0 unspecified atom stereocenters. The van der Waals surface area contributed by atoms with Crippen LogP contribution in [0.15, 0.2) is 47.7 Å². The second-order valence-electron chi connectivity index (χ2n) is 10.3. The van der Waals surface area contributed by atoms with Gasteiger partial charge in [0, 0.05) is 70.6 Å². The summed E-state index contributed by atoms with van der Waals surface area (Å²) in [5.74, 6) is -0.216. The molecule has 1 saturated heterocycles. The van der Waals surface area contributed by atoms with Crippen molar-refractivity contribution in [1.29, 1.82) is 0 Å². The Morgan fingerprint density at radius 1 is 1.14 bits per heavy atom. The predicted octanol–water partition coefficient (Wildman–Crippen LogP) is 5.42. The van der Waals surface area contributed by atoms with E-state index in [0.717, 1.165) is 28.6 Å². The van der Waals surface area contributed by atoms with Gasteiger partial charge in [-0.2, -0.15) is 13.2 Å². The zero-order chi connectivity index (χ0) is 32.0. The van der Waals surface area contributed by atoms with Crippen LogP contribution in [0.4, 0.5) is 29.1 Å². The third kappa shape index (κ3) is 7.84. The maximum absolute atomic E-state index is 15.0. The minimum absolute atomic E-state index is 0.166. The van der Waals surface area contributed by atoms with Crippen molar-refractivity contribution in [2.45, 2.75) is 33.5 Å². The van der Waals surface area contributed by atoms with Gasteiger partial charge >= 0.3 is 6.18 Å². The van der Waals surface area contributed by atoms with Crippen LogP contribution in [-0.2, 0) is 12.7 Å². The lowest BCUT2D eigenvalue weighted by Gasteiger charge is -2.37. The first kappa shape index (κ1) is 32.7. The third-order valence-corrected chi connectivity index (χ3v) is 8.03. The molecule has 1 N–H and O–H groups in total. The van der Waals surface area contributed by atoms with E-state index in [9.17, 15) is 22.4 Å². The first-order valence-electron chi connectivity index (χ1n) is 14.1. The molecule has 1 aliphatic heterocycles. The lowest BCUT2D eigenvalue weighted by molar-refractivity contribution is -0.137. The number of aromatic nitrogens is 3. The fourth-order valence-corrected chi connectivity index (χ4v) is 5.59. The molecule has 4 aromatic rings. The van der Waals surface area contributed by atoms with Gasteiger partial charge in [-0.05, 0) is 50.6 Å². The van der Waals surface area contributed by atoms with Gasteiger partial charge in [0.15, 0.2) is 4.96 Å². The Hall–Kier alpha value is -4.20. The van der Waals surface area contributed by atoms with E-state index in [0.29, 0.717) is 54.6 Å². The Kier molecular flexibility index (Phi) is 10.4. The molecular weight excluding hydrogens is 596 g/mol. The monoisotopic (exact) mass is 632 g/mol. The molecule has 9 nitrogen and oxygen atoms in total. The smallest absolute Gasteiger partial charge is 0.366 e. The van der Waals surface area contributed by atoms with Gasteiger partial charge in [0.2, 0.25) is 0 Å². The van der Waals surface area contributed by atoms with Crippen molar-refractivity contribution in [2.75, 3.05) is 56.6 Å². The average Bonchev–Trinajstić information content (AvgIpc) is 3.49. The molecule has 3 aromatic heterocycles. The van der Waals surface area contributed by atoms with E-state index in [1.165, 1.54) is 23.5 Å². The lowest BCUT2D eigenvalue weighted by Crippen LogP contribution is -2.47. The summed E-state index contributed by atoms with van der Waals surface area (Å²) in [5.41, 5.74) is 1.38. The number of halogens is 4. The summed E-state index contributed by atoms with van der Waals surface area (Å²) in [6.45, 7) is 8.99. The summed E-state index contributed by atoms with van der Waals surface area (Å²) < 4.78 is 55.1. The van der Waals surface area contributed by atoms with E-state index in [1.54, 1.807) is 36.8 Å². The molecule has 0 saturated carbocycles. The summed E-state index contributed by atoms with van der Waals surface area (Å²) in [4.78, 5) is 32.6. The second-order valence-corrected chi connectivity index (χ2v) is 11.5. The molecule has 4 heterocycles. The number of nitrogens with one attached hydrogen (secondary N) is 1. The number of nitrogens with zero attached hydrogens (tertiary/aromatic N) is 7. The van der Waals surface area contributed by atoms with E-state index in [1.807, 2.05) is 34.9 Å².